The van der Waals surface area contributed by atoms with Crippen molar-refractivity contribution >= 4 is 11.9 Å². The molecule has 0 unspecified atom stereocenters. The maximum Gasteiger partial charge on any atom is 0.338 e. The van der Waals surface area contributed by atoms with Crippen LogP contribution in [0.1, 0.15) is 33.6 Å². The van der Waals surface area contributed by atoms with Gasteiger partial charge in [-0.1, -0.05) is 0 Å². The van der Waals surface area contributed by atoms with Crippen LogP contribution in [0.4, 0.5) is 0 Å². The number of benzene rings is 1. The molecule has 7 heteroatoms. The Labute approximate surface area is 146 Å². The highest BCUT2D eigenvalue weighted by Gasteiger charge is 2.42. The second-order valence-corrected chi connectivity index (χ2v) is 6.44. The fourth-order valence-electron chi connectivity index (χ4n) is 3.69. The van der Waals surface area contributed by atoms with Gasteiger partial charge in [0, 0.05) is 18.7 Å². The predicted molar refractivity (Wildman–Crippen MR) is 88.7 cm³/mol. The standard InChI is InChI=1S/C18H23NO6/c1-23-14-8-12(7-13(9-14)18(22)24-2)17(21)19-3-4-25-16-6-11(10-20)5-15(16)19/h7-9,11,15-16,20H,3-6,10H2,1-2H3/t11-,15+,16+/m1/s1. The van der Waals surface area contributed by atoms with Crippen LogP contribution in [0.15, 0.2) is 18.2 Å². The number of methoxy groups -OCH3 is 2. The molecule has 2 aliphatic rings. The molecule has 0 radical (unpaired) electrons. The minimum absolute atomic E-state index is 0.0412. The maximum absolute atomic E-state index is 13.1. The SMILES string of the molecule is COC(=O)c1cc(OC)cc(C(=O)N2CCO[C@H]3C[C@H](CO)C[C@@H]32)c1. The molecule has 1 amide bonds. The third-order valence-electron chi connectivity index (χ3n) is 4.96. The van der Waals surface area contributed by atoms with Gasteiger partial charge >= 0.3 is 5.97 Å². The van der Waals surface area contributed by atoms with Crippen LogP contribution in [-0.2, 0) is 9.47 Å². The molecular formula is C18H23NO6. The predicted octanol–water partition coefficient (Wildman–Crippen LogP) is 1.09. The Morgan fingerprint density at radius 1 is 1.24 bits per heavy atom. The summed E-state index contributed by atoms with van der Waals surface area (Å²) >= 11 is 0. The first-order chi connectivity index (χ1) is 12.1. The first-order valence-electron chi connectivity index (χ1n) is 8.38. The number of aliphatic hydroxyl groups is 1. The van der Waals surface area contributed by atoms with E-state index >= 15 is 0 Å². The summed E-state index contributed by atoms with van der Waals surface area (Å²) in [7, 11) is 2.78. The number of nitrogens with zero attached hydrogens (tertiary/aromatic N) is 1. The number of rotatable bonds is 4. The summed E-state index contributed by atoms with van der Waals surface area (Å²) in [5, 5.41) is 9.42. The number of carbonyl (C=O) groups is 2. The lowest BCUT2D eigenvalue weighted by Gasteiger charge is -2.37. The van der Waals surface area contributed by atoms with Gasteiger partial charge in [-0.3, -0.25) is 4.79 Å². The number of hydrogen-bond donors (Lipinski definition) is 1. The maximum atomic E-state index is 13.1. The zero-order valence-corrected chi connectivity index (χ0v) is 14.4. The first kappa shape index (κ1) is 17.7. The molecule has 1 saturated carbocycles. The quantitative estimate of drug-likeness (QED) is 0.819. The highest BCUT2D eigenvalue weighted by molar-refractivity contribution is 5.98. The number of carbonyl (C=O) groups excluding carboxylic acids is 2. The zero-order chi connectivity index (χ0) is 18.0. The number of fused-ring (bicyclic) bond motifs is 1. The van der Waals surface area contributed by atoms with E-state index in [0.29, 0.717) is 24.5 Å². The van der Waals surface area contributed by atoms with Gasteiger partial charge in [0.05, 0.1) is 38.5 Å². The van der Waals surface area contributed by atoms with E-state index in [-0.39, 0.29) is 36.1 Å². The number of morpholine rings is 1. The van der Waals surface area contributed by atoms with Crippen molar-refractivity contribution in [3.63, 3.8) is 0 Å². The molecule has 1 aliphatic heterocycles. The number of amides is 1. The summed E-state index contributed by atoms with van der Waals surface area (Å²) in [5.74, 6) is -0.106. The van der Waals surface area contributed by atoms with Crippen LogP contribution >= 0.6 is 0 Å². The molecule has 1 saturated heterocycles. The highest BCUT2D eigenvalue weighted by atomic mass is 16.5. The number of ether oxygens (including phenoxy) is 3. The van der Waals surface area contributed by atoms with Crippen LogP contribution < -0.4 is 4.74 Å². The summed E-state index contributed by atoms with van der Waals surface area (Å²) in [4.78, 5) is 26.7. The summed E-state index contributed by atoms with van der Waals surface area (Å²) in [6.07, 6.45) is 1.44. The molecule has 1 heterocycles. The second kappa shape index (κ2) is 7.41. The van der Waals surface area contributed by atoms with Crippen molar-refractivity contribution in [2.75, 3.05) is 34.0 Å². The normalized spacial score (nSPS) is 25.4. The summed E-state index contributed by atoms with van der Waals surface area (Å²) < 4.78 is 15.7. The minimum atomic E-state index is -0.519. The lowest BCUT2D eigenvalue weighted by atomic mass is 10.0. The van der Waals surface area contributed by atoms with Gasteiger partial charge in [0.15, 0.2) is 0 Å². The minimum Gasteiger partial charge on any atom is -0.497 e. The molecule has 1 aliphatic carbocycles. The van der Waals surface area contributed by atoms with Crippen LogP contribution in [0.5, 0.6) is 5.75 Å². The van der Waals surface area contributed by atoms with Gasteiger partial charge in [0.2, 0.25) is 0 Å². The van der Waals surface area contributed by atoms with E-state index in [1.54, 1.807) is 17.0 Å². The number of esters is 1. The molecule has 3 atom stereocenters. The first-order valence-corrected chi connectivity index (χ1v) is 8.38. The molecule has 25 heavy (non-hydrogen) atoms. The molecule has 1 N–H and O–H groups in total. The summed E-state index contributed by atoms with van der Waals surface area (Å²) in [5.41, 5.74) is 0.655. The third-order valence-corrected chi connectivity index (χ3v) is 4.96. The van der Waals surface area contributed by atoms with Crippen LogP contribution in [-0.4, -0.2) is 68.0 Å². The van der Waals surface area contributed by atoms with E-state index < -0.39 is 5.97 Å². The summed E-state index contributed by atoms with van der Waals surface area (Å²) in [6.45, 7) is 1.06. The molecule has 3 rings (SSSR count). The van der Waals surface area contributed by atoms with Crippen LogP contribution in [0.2, 0.25) is 0 Å². The molecule has 0 spiro atoms. The van der Waals surface area contributed by atoms with Crippen molar-refractivity contribution in [1.82, 2.24) is 4.90 Å². The number of aliphatic hydroxyl groups excluding tert-OH is 1. The largest absolute Gasteiger partial charge is 0.497 e. The average molecular weight is 349 g/mol. The Bertz CT molecular complexity index is 661. The Kier molecular flexibility index (Phi) is 5.24. The lowest BCUT2D eigenvalue weighted by molar-refractivity contribution is -0.0448. The van der Waals surface area contributed by atoms with Crippen molar-refractivity contribution < 1.29 is 28.9 Å². The van der Waals surface area contributed by atoms with E-state index in [1.165, 1.54) is 20.3 Å². The smallest absolute Gasteiger partial charge is 0.338 e. The third kappa shape index (κ3) is 3.48. The monoisotopic (exact) mass is 349 g/mol. The van der Waals surface area contributed by atoms with E-state index in [0.717, 1.165) is 12.8 Å². The topological polar surface area (TPSA) is 85.3 Å². The molecule has 0 bridgehead atoms. The van der Waals surface area contributed by atoms with E-state index in [9.17, 15) is 14.7 Å². The van der Waals surface area contributed by atoms with Crippen molar-refractivity contribution in [2.45, 2.75) is 25.0 Å². The van der Waals surface area contributed by atoms with Gasteiger partial charge in [-0.05, 0) is 37.0 Å². The average Bonchev–Trinajstić information content (AvgIpc) is 3.09. The Morgan fingerprint density at radius 2 is 2.00 bits per heavy atom. The summed E-state index contributed by atoms with van der Waals surface area (Å²) in [6, 6.07) is 4.64. The van der Waals surface area contributed by atoms with Gasteiger partial charge in [0.25, 0.3) is 5.91 Å². The highest BCUT2D eigenvalue weighted by Crippen LogP contribution is 2.35. The molecule has 7 nitrogen and oxygen atoms in total. The van der Waals surface area contributed by atoms with Gasteiger partial charge in [-0.15, -0.1) is 0 Å². The van der Waals surface area contributed by atoms with Crippen LogP contribution in [0, 0.1) is 5.92 Å². The number of hydrogen-bond acceptors (Lipinski definition) is 6. The second-order valence-electron chi connectivity index (χ2n) is 6.44. The Hall–Kier alpha value is -2.12. The van der Waals surface area contributed by atoms with E-state index in [2.05, 4.69) is 0 Å². The van der Waals surface area contributed by atoms with E-state index in [4.69, 9.17) is 14.2 Å². The molecule has 136 valence electrons. The molecule has 2 fully saturated rings. The van der Waals surface area contributed by atoms with Crippen LogP contribution in [0.3, 0.4) is 0 Å². The molecule has 0 aromatic heterocycles. The van der Waals surface area contributed by atoms with Crippen molar-refractivity contribution in [3.8, 4) is 5.75 Å². The van der Waals surface area contributed by atoms with Crippen molar-refractivity contribution in [1.29, 1.82) is 0 Å². The Morgan fingerprint density at radius 3 is 2.68 bits per heavy atom. The van der Waals surface area contributed by atoms with Crippen molar-refractivity contribution in [3.05, 3.63) is 29.3 Å². The molecule has 1 aromatic carbocycles. The van der Waals surface area contributed by atoms with Crippen molar-refractivity contribution in [2.24, 2.45) is 5.92 Å². The van der Waals surface area contributed by atoms with Gasteiger partial charge in [0.1, 0.15) is 5.75 Å². The fourth-order valence-corrected chi connectivity index (χ4v) is 3.69. The fraction of sp³-hybridized carbons (Fsp3) is 0.556. The Balaban J connectivity index is 1.88. The zero-order valence-electron chi connectivity index (χ0n) is 14.4. The van der Waals surface area contributed by atoms with E-state index in [1.807, 2.05) is 0 Å². The van der Waals surface area contributed by atoms with Crippen LogP contribution in [0.25, 0.3) is 0 Å². The molecular weight excluding hydrogens is 326 g/mol. The van der Waals surface area contributed by atoms with Gasteiger partial charge in [-0.25, -0.2) is 4.79 Å². The van der Waals surface area contributed by atoms with Gasteiger partial charge in [-0.2, -0.15) is 0 Å². The van der Waals surface area contributed by atoms with Gasteiger partial charge < -0.3 is 24.2 Å². The lowest BCUT2D eigenvalue weighted by Crippen LogP contribution is -2.51. The molecule has 1 aromatic rings.